The molecule has 0 spiro atoms. The lowest BCUT2D eigenvalue weighted by Gasteiger charge is -2.05. The summed E-state index contributed by atoms with van der Waals surface area (Å²) in [5.41, 5.74) is 5.58. The molecule has 1 heterocycles. The maximum atomic E-state index is 11.4. The average molecular weight is 258 g/mol. The van der Waals surface area contributed by atoms with Gasteiger partial charge in [0, 0.05) is 18.3 Å². The largest absolute Gasteiger partial charge is 0.343 e. The number of hydrogen-bond donors (Lipinski definition) is 2. The lowest BCUT2D eigenvalue weighted by molar-refractivity contribution is 0.601. The van der Waals surface area contributed by atoms with Gasteiger partial charge in [0.15, 0.2) is 5.16 Å². The third-order valence-electron chi connectivity index (χ3n) is 2.46. The van der Waals surface area contributed by atoms with Crippen LogP contribution in [0.25, 0.3) is 0 Å². The second-order valence-corrected chi connectivity index (χ2v) is 5.35. The van der Waals surface area contributed by atoms with Crippen molar-refractivity contribution >= 4 is 11.8 Å². The quantitative estimate of drug-likeness (QED) is 0.548. The minimum Gasteiger partial charge on any atom is -0.328 e. The van der Waals surface area contributed by atoms with Gasteiger partial charge in [-0.05, 0) is 26.2 Å². The Hall–Kier alpha value is -0.750. The first-order valence-electron chi connectivity index (χ1n) is 6.18. The third-order valence-corrected chi connectivity index (χ3v) is 3.52. The Labute approximate surface area is 106 Å². The lowest BCUT2D eigenvalue weighted by atomic mass is 10.2. The molecule has 98 valence electrons. The van der Waals surface area contributed by atoms with E-state index in [4.69, 9.17) is 5.73 Å². The first kappa shape index (κ1) is 14.3. The summed E-state index contributed by atoms with van der Waals surface area (Å²) < 4.78 is 1.70. The molecule has 3 N–H and O–H groups in total. The molecule has 5 nitrogen and oxygen atoms in total. The highest BCUT2D eigenvalue weighted by atomic mass is 32.2. The molecule has 1 aromatic rings. The first-order valence-corrected chi connectivity index (χ1v) is 7.17. The van der Waals surface area contributed by atoms with Gasteiger partial charge in [0.2, 0.25) is 0 Å². The van der Waals surface area contributed by atoms with E-state index in [0.717, 1.165) is 43.1 Å². The topological polar surface area (TPSA) is 76.7 Å². The van der Waals surface area contributed by atoms with Gasteiger partial charge in [-0.15, -0.1) is 5.10 Å². The molecule has 17 heavy (non-hydrogen) atoms. The van der Waals surface area contributed by atoms with Crippen molar-refractivity contribution in [2.75, 3.05) is 5.75 Å². The van der Waals surface area contributed by atoms with Crippen molar-refractivity contribution in [3.8, 4) is 0 Å². The molecule has 0 fully saturated rings. The molecule has 1 aromatic heterocycles. The number of thioether (sulfide) groups is 1. The molecule has 0 amide bonds. The van der Waals surface area contributed by atoms with Gasteiger partial charge >= 0.3 is 5.69 Å². The SMILES string of the molecule is CCCn1c(SCCCCC(C)N)n[nH]c1=O. The van der Waals surface area contributed by atoms with E-state index >= 15 is 0 Å². The molecular weight excluding hydrogens is 236 g/mol. The normalized spacial score (nSPS) is 12.9. The van der Waals surface area contributed by atoms with Crippen LogP contribution in [0.15, 0.2) is 9.95 Å². The fourth-order valence-corrected chi connectivity index (χ4v) is 2.54. The summed E-state index contributed by atoms with van der Waals surface area (Å²) in [4.78, 5) is 11.4. The number of rotatable bonds is 8. The zero-order valence-electron chi connectivity index (χ0n) is 10.6. The number of aromatic amines is 1. The zero-order chi connectivity index (χ0) is 12.7. The number of nitrogens with one attached hydrogen (secondary N) is 1. The molecule has 0 aliphatic carbocycles. The summed E-state index contributed by atoms with van der Waals surface area (Å²) in [6.45, 7) is 4.81. The van der Waals surface area contributed by atoms with Crippen LogP contribution < -0.4 is 11.4 Å². The van der Waals surface area contributed by atoms with E-state index in [9.17, 15) is 4.79 Å². The monoisotopic (exact) mass is 258 g/mol. The van der Waals surface area contributed by atoms with Crippen molar-refractivity contribution in [1.29, 1.82) is 0 Å². The van der Waals surface area contributed by atoms with E-state index in [0.29, 0.717) is 0 Å². The molecule has 0 aromatic carbocycles. The van der Waals surface area contributed by atoms with Gasteiger partial charge in [-0.3, -0.25) is 4.57 Å². The molecule has 0 radical (unpaired) electrons. The zero-order valence-corrected chi connectivity index (χ0v) is 11.4. The Morgan fingerprint density at radius 1 is 1.53 bits per heavy atom. The maximum Gasteiger partial charge on any atom is 0.343 e. The van der Waals surface area contributed by atoms with Crippen molar-refractivity contribution in [3.63, 3.8) is 0 Å². The fourth-order valence-electron chi connectivity index (χ4n) is 1.57. The molecule has 0 bridgehead atoms. The number of nitrogens with zero attached hydrogens (tertiary/aromatic N) is 2. The predicted molar refractivity (Wildman–Crippen MR) is 71.4 cm³/mol. The molecule has 0 saturated carbocycles. The maximum absolute atomic E-state index is 11.4. The van der Waals surface area contributed by atoms with E-state index in [1.807, 2.05) is 6.92 Å². The number of aromatic nitrogens is 3. The Bertz CT molecular complexity index is 372. The second kappa shape index (κ2) is 7.55. The summed E-state index contributed by atoms with van der Waals surface area (Å²) in [5.74, 6) is 0.987. The van der Waals surface area contributed by atoms with E-state index in [-0.39, 0.29) is 11.7 Å². The first-order chi connectivity index (χ1) is 8.15. The van der Waals surface area contributed by atoms with Gasteiger partial charge < -0.3 is 5.73 Å². The molecule has 1 rings (SSSR count). The van der Waals surface area contributed by atoms with Crippen LogP contribution in [0.5, 0.6) is 0 Å². The Morgan fingerprint density at radius 3 is 2.94 bits per heavy atom. The standard InChI is InChI=1S/C11H22N4OS/c1-3-7-15-10(16)13-14-11(15)17-8-5-4-6-9(2)12/h9H,3-8,12H2,1-2H3,(H,13,16). The van der Waals surface area contributed by atoms with Crippen molar-refractivity contribution in [2.45, 2.75) is 57.3 Å². The lowest BCUT2D eigenvalue weighted by Crippen LogP contribution is -2.17. The van der Waals surface area contributed by atoms with Crippen LogP contribution in [0, 0.1) is 0 Å². The number of H-pyrrole nitrogens is 1. The van der Waals surface area contributed by atoms with Crippen LogP contribution in [0.2, 0.25) is 0 Å². The van der Waals surface area contributed by atoms with Gasteiger partial charge in [0.05, 0.1) is 0 Å². The van der Waals surface area contributed by atoms with E-state index in [1.54, 1.807) is 16.3 Å². The number of unbranched alkanes of at least 4 members (excludes halogenated alkanes) is 1. The van der Waals surface area contributed by atoms with Crippen LogP contribution in [-0.2, 0) is 6.54 Å². The highest BCUT2D eigenvalue weighted by Gasteiger charge is 2.07. The predicted octanol–water partition coefficient (Wildman–Crippen LogP) is 1.59. The molecule has 1 atom stereocenters. The fraction of sp³-hybridized carbons (Fsp3) is 0.818. The van der Waals surface area contributed by atoms with Crippen molar-refractivity contribution in [1.82, 2.24) is 14.8 Å². The summed E-state index contributed by atoms with van der Waals surface area (Å²) in [6.07, 6.45) is 4.24. The minimum atomic E-state index is -0.107. The van der Waals surface area contributed by atoms with Gasteiger partial charge in [-0.2, -0.15) is 0 Å². The third kappa shape index (κ3) is 4.95. The van der Waals surface area contributed by atoms with Gasteiger partial charge in [0.1, 0.15) is 0 Å². The second-order valence-electron chi connectivity index (χ2n) is 4.28. The smallest absolute Gasteiger partial charge is 0.328 e. The van der Waals surface area contributed by atoms with Crippen LogP contribution in [0.1, 0.15) is 39.5 Å². The van der Waals surface area contributed by atoms with Crippen molar-refractivity contribution < 1.29 is 0 Å². The summed E-state index contributed by atoms with van der Waals surface area (Å²) >= 11 is 1.64. The summed E-state index contributed by atoms with van der Waals surface area (Å²) in [6, 6.07) is 0.281. The van der Waals surface area contributed by atoms with Crippen molar-refractivity contribution in [3.05, 3.63) is 10.5 Å². The molecule has 6 heteroatoms. The van der Waals surface area contributed by atoms with Crippen LogP contribution in [0.3, 0.4) is 0 Å². The molecule has 0 saturated heterocycles. The van der Waals surface area contributed by atoms with E-state index in [2.05, 4.69) is 17.1 Å². The Morgan fingerprint density at radius 2 is 2.29 bits per heavy atom. The average Bonchev–Trinajstić information content (AvgIpc) is 2.61. The van der Waals surface area contributed by atoms with E-state index in [1.165, 1.54) is 0 Å². The van der Waals surface area contributed by atoms with Crippen LogP contribution in [0.4, 0.5) is 0 Å². The number of nitrogens with two attached hydrogens (primary N) is 1. The number of hydrogen-bond acceptors (Lipinski definition) is 4. The summed E-state index contributed by atoms with van der Waals surface area (Å²) in [5, 5.41) is 7.33. The molecule has 0 aliphatic rings. The van der Waals surface area contributed by atoms with Gasteiger partial charge in [0.25, 0.3) is 0 Å². The van der Waals surface area contributed by atoms with Crippen molar-refractivity contribution in [2.24, 2.45) is 5.73 Å². The van der Waals surface area contributed by atoms with Gasteiger partial charge in [-0.1, -0.05) is 25.1 Å². The van der Waals surface area contributed by atoms with E-state index < -0.39 is 0 Å². The highest BCUT2D eigenvalue weighted by molar-refractivity contribution is 7.99. The van der Waals surface area contributed by atoms with Crippen LogP contribution >= 0.6 is 11.8 Å². The van der Waals surface area contributed by atoms with Crippen LogP contribution in [-0.4, -0.2) is 26.6 Å². The molecule has 1 unspecified atom stereocenters. The Kier molecular flexibility index (Phi) is 6.36. The van der Waals surface area contributed by atoms with Gasteiger partial charge in [-0.25, -0.2) is 9.89 Å². The molecule has 0 aliphatic heterocycles. The minimum absolute atomic E-state index is 0.107. The highest BCUT2D eigenvalue weighted by Crippen LogP contribution is 2.16. The summed E-state index contributed by atoms with van der Waals surface area (Å²) in [7, 11) is 0. The Balaban J connectivity index is 2.33. The molecular formula is C11H22N4OS.